The van der Waals surface area contributed by atoms with Crippen LogP contribution in [0.2, 0.25) is 0 Å². The molecule has 1 saturated carbocycles. The summed E-state index contributed by atoms with van der Waals surface area (Å²) in [6, 6.07) is 6.95. The first-order valence-corrected chi connectivity index (χ1v) is 12.3. The van der Waals surface area contributed by atoms with Crippen LogP contribution in [0.3, 0.4) is 0 Å². The van der Waals surface area contributed by atoms with Crippen LogP contribution in [0.1, 0.15) is 66.9 Å². The largest absolute Gasteiger partial charge is 0.465 e. The van der Waals surface area contributed by atoms with Crippen molar-refractivity contribution < 1.29 is 23.1 Å². The maximum atomic E-state index is 14.1. The number of anilines is 1. The fourth-order valence-electron chi connectivity index (χ4n) is 4.44. The third kappa shape index (κ3) is 5.43. The molecule has 2 aromatic heterocycles. The Bertz CT molecular complexity index is 1270. The van der Waals surface area contributed by atoms with Gasteiger partial charge < -0.3 is 10.1 Å². The van der Waals surface area contributed by atoms with E-state index in [1.807, 2.05) is 20.8 Å². The number of rotatable bonds is 6. The highest BCUT2D eigenvalue weighted by atomic mass is 32.1. The number of thiazole rings is 1. The Balaban J connectivity index is 1.65. The van der Waals surface area contributed by atoms with Gasteiger partial charge in [0.05, 0.1) is 25.8 Å². The molecule has 3 aromatic rings. The first kappa shape index (κ1) is 25.8. The number of nitrogens with one attached hydrogen (secondary N) is 1. The maximum Gasteiger partial charge on any atom is 0.350 e. The fraction of sp³-hybridized carbons (Fsp3) is 0.500. The predicted molar refractivity (Wildman–Crippen MR) is 130 cm³/mol. The Morgan fingerprint density at radius 2 is 1.94 bits per heavy atom. The number of methoxy groups -OCH3 is 1. The molecule has 2 heterocycles. The Labute approximate surface area is 211 Å². The summed E-state index contributed by atoms with van der Waals surface area (Å²) in [7, 11) is 2.93. The van der Waals surface area contributed by atoms with Gasteiger partial charge in [0.1, 0.15) is 4.88 Å². The van der Waals surface area contributed by atoms with Crippen LogP contribution in [0, 0.1) is 5.92 Å². The molecule has 9 nitrogen and oxygen atoms in total. The highest BCUT2D eigenvalue weighted by Crippen LogP contribution is 2.46. The summed E-state index contributed by atoms with van der Waals surface area (Å²) in [4.78, 5) is 32.0. The number of benzene rings is 1. The second-order valence-corrected chi connectivity index (χ2v) is 11.0. The van der Waals surface area contributed by atoms with Gasteiger partial charge in [0, 0.05) is 23.8 Å². The van der Waals surface area contributed by atoms with Crippen LogP contribution in [0.5, 0.6) is 0 Å². The average Bonchev–Trinajstić information content (AvgIpc) is 3.52. The number of hydrogen-bond acceptors (Lipinski definition) is 8. The summed E-state index contributed by atoms with van der Waals surface area (Å²) in [6.07, 6.45) is -0.422. The molecule has 0 radical (unpaired) electrons. The first-order valence-electron chi connectivity index (χ1n) is 11.5. The molecule has 0 unspecified atom stereocenters. The highest BCUT2D eigenvalue weighted by Gasteiger charge is 2.45. The summed E-state index contributed by atoms with van der Waals surface area (Å²) in [5.41, 5.74) is 1.32. The Kier molecular flexibility index (Phi) is 6.91. The minimum Gasteiger partial charge on any atom is -0.465 e. The highest BCUT2D eigenvalue weighted by molar-refractivity contribution is 7.17. The molecule has 36 heavy (non-hydrogen) atoms. The van der Waals surface area contributed by atoms with E-state index in [2.05, 4.69) is 25.7 Å². The van der Waals surface area contributed by atoms with Crippen LogP contribution < -0.4 is 5.32 Å². The molecular weight excluding hydrogens is 490 g/mol. The summed E-state index contributed by atoms with van der Waals surface area (Å²) in [6.45, 7) is 5.70. The number of carbonyl (C=O) groups excluding carboxylic acids is 2. The fourth-order valence-corrected chi connectivity index (χ4v) is 5.54. The number of tetrazole rings is 1. The predicted octanol–water partition coefficient (Wildman–Crippen LogP) is 4.58. The molecule has 0 bridgehead atoms. The van der Waals surface area contributed by atoms with Gasteiger partial charge in [-0.15, -0.1) is 10.2 Å². The van der Waals surface area contributed by atoms with Gasteiger partial charge >= 0.3 is 5.97 Å². The van der Waals surface area contributed by atoms with Crippen LogP contribution >= 0.6 is 11.3 Å². The topological polar surface area (TPSA) is 112 Å². The SMILES string of the molecule is COC(=O)c1sc(NC(=O)[C@H](c2ccc(-c3nnn(C)n3)cc2)[C@H]2CCC(F)(F)C2)nc1C(C)(C)C. The molecule has 1 aliphatic rings. The molecule has 4 rings (SSSR count). The van der Waals surface area contributed by atoms with Gasteiger partial charge in [-0.25, -0.2) is 18.6 Å². The third-order valence-electron chi connectivity index (χ3n) is 6.17. The monoisotopic (exact) mass is 518 g/mol. The smallest absolute Gasteiger partial charge is 0.350 e. The lowest BCUT2D eigenvalue weighted by Gasteiger charge is -2.23. The lowest BCUT2D eigenvalue weighted by Crippen LogP contribution is -2.27. The van der Waals surface area contributed by atoms with Crippen molar-refractivity contribution in [3.8, 4) is 11.4 Å². The van der Waals surface area contributed by atoms with Crippen molar-refractivity contribution in [2.45, 2.75) is 57.3 Å². The van der Waals surface area contributed by atoms with E-state index >= 15 is 0 Å². The zero-order chi connectivity index (χ0) is 26.3. The molecule has 192 valence electrons. The number of halogens is 2. The minimum absolute atomic E-state index is 0.219. The Hall–Kier alpha value is -3.28. The second kappa shape index (κ2) is 9.64. The molecule has 1 aromatic carbocycles. The number of aromatic nitrogens is 5. The molecule has 0 aliphatic heterocycles. The zero-order valence-corrected chi connectivity index (χ0v) is 21.5. The number of amides is 1. The number of alkyl halides is 2. The summed E-state index contributed by atoms with van der Waals surface area (Å²) < 4.78 is 33.2. The van der Waals surface area contributed by atoms with Crippen LogP contribution in [-0.2, 0) is 22.0 Å². The van der Waals surface area contributed by atoms with E-state index in [1.165, 1.54) is 11.9 Å². The maximum absolute atomic E-state index is 14.1. The minimum atomic E-state index is -2.81. The van der Waals surface area contributed by atoms with Gasteiger partial charge in [0.15, 0.2) is 5.13 Å². The number of hydrogen-bond donors (Lipinski definition) is 1. The van der Waals surface area contributed by atoms with Gasteiger partial charge in [-0.3, -0.25) is 4.79 Å². The van der Waals surface area contributed by atoms with E-state index in [1.54, 1.807) is 31.3 Å². The second-order valence-electron chi connectivity index (χ2n) is 9.99. The Morgan fingerprint density at radius 1 is 1.25 bits per heavy atom. The number of carbonyl (C=O) groups is 2. The summed E-state index contributed by atoms with van der Waals surface area (Å²) >= 11 is 1.01. The lowest BCUT2D eigenvalue weighted by atomic mass is 9.83. The first-order chi connectivity index (χ1) is 16.9. The molecule has 1 fully saturated rings. The molecule has 1 N–H and O–H groups in total. The summed E-state index contributed by atoms with van der Waals surface area (Å²) in [5.74, 6) is -4.77. The van der Waals surface area contributed by atoms with E-state index in [9.17, 15) is 18.4 Å². The standard InChI is InChI=1S/C24H28F2N6O3S/c1-23(2,3)18-17(21(34)35-5)36-22(27-18)28-20(33)16(15-10-11-24(25,26)12-15)13-6-8-14(9-7-13)19-29-31-32(4)30-19/h6-9,15-16H,10-12H2,1-5H3,(H,27,28,33)/t15-,16+/m0/s1. The number of nitrogens with zero attached hydrogens (tertiary/aromatic N) is 5. The van der Waals surface area contributed by atoms with Gasteiger partial charge in [-0.2, -0.15) is 4.80 Å². The van der Waals surface area contributed by atoms with Crippen LogP contribution in [0.4, 0.5) is 13.9 Å². The van der Waals surface area contributed by atoms with Crippen LogP contribution in [-0.4, -0.2) is 50.1 Å². The quantitative estimate of drug-likeness (QED) is 0.476. The van der Waals surface area contributed by atoms with Gasteiger partial charge in [-0.1, -0.05) is 56.4 Å². The van der Waals surface area contributed by atoms with E-state index in [0.29, 0.717) is 27.5 Å². The van der Waals surface area contributed by atoms with Crippen molar-refractivity contribution in [3.05, 3.63) is 40.4 Å². The lowest BCUT2D eigenvalue weighted by molar-refractivity contribution is -0.118. The van der Waals surface area contributed by atoms with Crippen molar-refractivity contribution >= 4 is 28.3 Å². The van der Waals surface area contributed by atoms with Crippen molar-refractivity contribution in [2.75, 3.05) is 12.4 Å². The van der Waals surface area contributed by atoms with Crippen molar-refractivity contribution in [3.63, 3.8) is 0 Å². The molecule has 1 aliphatic carbocycles. The van der Waals surface area contributed by atoms with E-state index < -0.39 is 35.0 Å². The number of ether oxygens (including phenoxy) is 1. The zero-order valence-electron chi connectivity index (χ0n) is 20.7. The normalized spacial score (nSPS) is 18.1. The van der Waals surface area contributed by atoms with Crippen LogP contribution in [0.25, 0.3) is 11.4 Å². The Morgan fingerprint density at radius 3 is 2.47 bits per heavy atom. The molecule has 1 amide bonds. The van der Waals surface area contributed by atoms with Gasteiger partial charge in [0.2, 0.25) is 17.7 Å². The van der Waals surface area contributed by atoms with E-state index in [4.69, 9.17) is 4.74 Å². The van der Waals surface area contributed by atoms with Crippen molar-refractivity contribution in [1.82, 2.24) is 25.2 Å². The van der Waals surface area contributed by atoms with Crippen LogP contribution in [0.15, 0.2) is 24.3 Å². The van der Waals surface area contributed by atoms with Gasteiger partial charge in [-0.05, 0) is 23.1 Å². The van der Waals surface area contributed by atoms with Gasteiger partial charge in [0.25, 0.3) is 0 Å². The third-order valence-corrected chi connectivity index (χ3v) is 7.12. The molecule has 0 spiro atoms. The van der Waals surface area contributed by atoms with Crippen molar-refractivity contribution in [1.29, 1.82) is 0 Å². The molecule has 0 saturated heterocycles. The molecule has 12 heteroatoms. The molecular formula is C24H28F2N6O3S. The van der Waals surface area contributed by atoms with E-state index in [-0.39, 0.29) is 24.4 Å². The summed E-state index contributed by atoms with van der Waals surface area (Å²) in [5, 5.41) is 15.0. The number of aryl methyl sites for hydroxylation is 1. The van der Waals surface area contributed by atoms with E-state index in [0.717, 1.165) is 11.3 Å². The number of esters is 1. The molecule has 2 atom stereocenters. The average molecular weight is 519 g/mol. The van der Waals surface area contributed by atoms with Crippen molar-refractivity contribution in [2.24, 2.45) is 13.0 Å².